The van der Waals surface area contributed by atoms with Gasteiger partial charge in [0, 0.05) is 18.5 Å². The van der Waals surface area contributed by atoms with Gasteiger partial charge in [0.2, 0.25) is 0 Å². The highest BCUT2D eigenvalue weighted by molar-refractivity contribution is 8.13. The van der Waals surface area contributed by atoms with Gasteiger partial charge in [-0.25, -0.2) is 0 Å². The largest absolute Gasteiger partial charge is 0.303 e. The van der Waals surface area contributed by atoms with Gasteiger partial charge in [-0.05, 0) is 25.9 Å². The molecule has 0 aromatic rings. The van der Waals surface area contributed by atoms with Crippen molar-refractivity contribution in [2.45, 2.75) is 19.3 Å². The number of nitrogens with zero attached hydrogens (tertiary/aromatic N) is 3. The zero-order chi connectivity index (χ0) is 10.3. The van der Waals surface area contributed by atoms with Gasteiger partial charge in [0.05, 0.1) is 6.54 Å². The Labute approximate surface area is 95.2 Å². The van der Waals surface area contributed by atoms with E-state index in [2.05, 4.69) is 20.4 Å². The number of piperidine rings is 1. The van der Waals surface area contributed by atoms with Crippen LogP contribution < -0.4 is 5.43 Å². The molecule has 0 amide bonds. The van der Waals surface area contributed by atoms with Crippen LogP contribution in [0, 0.1) is 0 Å². The Hall–Kier alpha value is -0.550. The van der Waals surface area contributed by atoms with Crippen molar-refractivity contribution in [3.8, 4) is 0 Å². The molecule has 4 nitrogen and oxygen atoms in total. The minimum absolute atomic E-state index is 0.721. The lowest BCUT2D eigenvalue weighted by Crippen LogP contribution is -2.32. The van der Waals surface area contributed by atoms with Crippen molar-refractivity contribution in [2.75, 3.05) is 31.9 Å². The number of hydrogen-bond acceptors (Lipinski definition) is 5. The van der Waals surface area contributed by atoms with Crippen LogP contribution in [0.5, 0.6) is 0 Å². The molecule has 0 spiro atoms. The molecule has 1 N–H and O–H groups in total. The average molecular weight is 226 g/mol. The number of rotatable bonds is 3. The monoisotopic (exact) mass is 226 g/mol. The molecule has 0 atom stereocenters. The molecular formula is C10H18N4S. The standard InChI is InChI=1S/C10H18N4S/c1-2-6-14(7-3-1)8-9-15-10-11-4-5-12-13-10/h5H,1-4,6-9H2,(H,11,13). The van der Waals surface area contributed by atoms with Crippen molar-refractivity contribution in [1.29, 1.82) is 0 Å². The van der Waals surface area contributed by atoms with E-state index in [4.69, 9.17) is 0 Å². The summed E-state index contributed by atoms with van der Waals surface area (Å²) in [7, 11) is 0. The lowest BCUT2D eigenvalue weighted by Gasteiger charge is -2.26. The van der Waals surface area contributed by atoms with Gasteiger partial charge in [-0.2, -0.15) is 5.10 Å². The Morgan fingerprint density at radius 1 is 1.33 bits per heavy atom. The van der Waals surface area contributed by atoms with Gasteiger partial charge in [-0.15, -0.1) is 0 Å². The van der Waals surface area contributed by atoms with Gasteiger partial charge in [0.15, 0.2) is 5.17 Å². The fraction of sp³-hybridized carbons (Fsp3) is 0.800. The van der Waals surface area contributed by atoms with Crippen molar-refractivity contribution in [3.63, 3.8) is 0 Å². The third kappa shape index (κ3) is 3.83. The van der Waals surface area contributed by atoms with Gasteiger partial charge in [0.1, 0.15) is 0 Å². The lowest BCUT2D eigenvalue weighted by atomic mass is 10.1. The maximum atomic E-state index is 4.31. The molecule has 0 radical (unpaired) electrons. The third-order valence-electron chi connectivity index (χ3n) is 2.66. The second kappa shape index (κ2) is 6.12. The molecule has 5 heteroatoms. The molecule has 0 aromatic carbocycles. The number of hydrazone groups is 1. The zero-order valence-electron chi connectivity index (χ0n) is 8.98. The second-order valence-electron chi connectivity index (χ2n) is 3.82. The highest BCUT2D eigenvalue weighted by atomic mass is 32.2. The Balaban J connectivity index is 1.59. The van der Waals surface area contributed by atoms with E-state index in [9.17, 15) is 0 Å². The van der Waals surface area contributed by atoms with E-state index >= 15 is 0 Å². The van der Waals surface area contributed by atoms with Crippen LogP contribution in [0.15, 0.2) is 10.1 Å². The number of thioether (sulfide) groups is 1. The van der Waals surface area contributed by atoms with Crippen molar-refractivity contribution < 1.29 is 0 Å². The fourth-order valence-electron chi connectivity index (χ4n) is 1.83. The third-order valence-corrected chi connectivity index (χ3v) is 3.54. The summed E-state index contributed by atoms with van der Waals surface area (Å²) in [6.07, 6.45) is 5.93. The van der Waals surface area contributed by atoms with E-state index in [-0.39, 0.29) is 0 Å². The van der Waals surface area contributed by atoms with E-state index < -0.39 is 0 Å². The molecule has 2 aliphatic heterocycles. The minimum atomic E-state index is 0.721. The summed E-state index contributed by atoms with van der Waals surface area (Å²) in [5.41, 5.74) is 2.92. The first-order chi connectivity index (χ1) is 7.45. The maximum absolute atomic E-state index is 4.31. The predicted molar refractivity (Wildman–Crippen MR) is 66.7 cm³/mol. The van der Waals surface area contributed by atoms with Crippen molar-refractivity contribution in [2.24, 2.45) is 10.1 Å². The molecule has 0 aliphatic carbocycles. The Morgan fingerprint density at radius 3 is 2.93 bits per heavy atom. The molecule has 1 saturated heterocycles. The Bertz CT molecular complexity index is 246. The highest BCUT2D eigenvalue weighted by Gasteiger charge is 2.10. The van der Waals surface area contributed by atoms with Gasteiger partial charge in [0.25, 0.3) is 0 Å². The van der Waals surface area contributed by atoms with Crippen LogP contribution in [-0.4, -0.2) is 48.2 Å². The van der Waals surface area contributed by atoms with Crippen LogP contribution in [0.25, 0.3) is 0 Å². The Morgan fingerprint density at radius 2 is 2.20 bits per heavy atom. The molecule has 84 valence electrons. The van der Waals surface area contributed by atoms with Crippen LogP contribution in [0.3, 0.4) is 0 Å². The van der Waals surface area contributed by atoms with Crippen molar-refractivity contribution in [3.05, 3.63) is 0 Å². The molecule has 0 bridgehead atoms. The highest BCUT2D eigenvalue weighted by Crippen LogP contribution is 2.10. The summed E-state index contributed by atoms with van der Waals surface area (Å²) in [6, 6.07) is 0. The van der Waals surface area contributed by atoms with Gasteiger partial charge in [-0.1, -0.05) is 18.2 Å². The smallest absolute Gasteiger partial charge is 0.177 e. The van der Waals surface area contributed by atoms with Gasteiger partial charge in [-0.3, -0.25) is 10.4 Å². The van der Waals surface area contributed by atoms with E-state index in [1.165, 1.54) is 38.9 Å². The van der Waals surface area contributed by atoms with Crippen LogP contribution in [-0.2, 0) is 0 Å². The summed E-state index contributed by atoms with van der Waals surface area (Å²) < 4.78 is 0. The van der Waals surface area contributed by atoms with Crippen LogP contribution in [0.4, 0.5) is 0 Å². The molecule has 2 heterocycles. The topological polar surface area (TPSA) is 40.0 Å². The molecule has 2 rings (SSSR count). The first-order valence-electron chi connectivity index (χ1n) is 5.62. The first kappa shape index (κ1) is 11.0. The van der Waals surface area contributed by atoms with Gasteiger partial charge < -0.3 is 4.90 Å². The summed E-state index contributed by atoms with van der Waals surface area (Å²) in [6.45, 7) is 4.45. The molecular weight excluding hydrogens is 208 g/mol. The van der Waals surface area contributed by atoms with E-state index in [1.807, 2.05) is 0 Å². The minimum Gasteiger partial charge on any atom is -0.303 e. The summed E-state index contributed by atoms with van der Waals surface area (Å²) in [5.74, 6) is 1.11. The molecule has 2 aliphatic rings. The molecule has 0 saturated carbocycles. The number of nitrogens with one attached hydrogen (secondary N) is 1. The molecule has 0 aromatic heterocycles. The number of likely N-dealkylation sites (tertiary alicyclic amines) is 1. The van der Waals surface area contributed by atoms with Crippen LogP contribution in [0.2, 0.25) is 0 Å². The number of hydrogen-bond donors (Lipinski definition) is 1. The maximum Gasteiger partial charge on any atom is 0.177 e. The molecule has 0 unspecified atom stereocenters. The molecule has 15 heavy (non-hydrogen) atoms. The number of aliphatic imine (C=N–C) groups is 1. The van der Waals surface area contributed by atoms with E-state index in [0.29, 0.717) is 0 Å². The zero-order valence-corrected chi connectivity index (χ0v) is 9.80. The number of amidine groups is 1. The normalized spacial score (nSPS) is 22.3. The second-order valence-corrected chi connectivity index (χ2v) is 4.90. The van der Waals surface area contributed by atoms with E-state index in [1.54, 1.807) is 18.0 Å². The fourth-order valence-corrected chi connectivity index (χ4v) is 2.66. The van der Waals surface area contributed by atoms with Crippen molar-refractivity contribution >= 4 is 23.1 Å². The summed E-state index contributed by atoms with van der Waals surface area (Å²) in [4.78, 5) is 6.86. The van der Waals surface area contributed by atoms with Crippen molar-refractivity contribution in [1.82, 2.24) is 10.3 Å². The predicted octanol–water partition coefficient (Wildman–Crippen LogP) is 1.15. The molecule has 1 fully saturated rings. The summed E-state index contributed by atoms with van der Waals surface area (Å²) in [5, 5.41) is 4.95. The summed E-state index contributed by atoms with van der Waals surface area (Å²) >= 11 is 1.77. The van der Waals surface area contributed by atoms with Crippen LogP contribution >= 0.6 is 11.8 Å². The van der Waals surface area contributed by atoms with Crippen LogP contribution in [0.1, 0.15) is 19.3 Å². The van der Waals surface area contributed by atoms with Gasteiger partial charge >= 0.3 is 0 Å². The average Bonchev–Trinajstić information content (AvgIpc) is 2.32. The van der Waals surface area contributed by atoms with E-state index in [0.717, 1.165) is 17.5 Å². The lowest BCUT2D eigenvalue weighted by molar-refractivity contribution is 0.242. The SMILES string of the molecule is C1=NNC(SCCN2CCCCC2)=NC1. The first-order valence-corrected chi connectivity index (χ1v) is 6.61. The Kier molecular flexibility index (Phi) is 4.47. The quantitative estimate of drug-likeness (QED) is 0.785.